The maximum Gasteiger partial charge on any atom is 0.311 e. The molecule has 0 aliphatic carbocycles. The van der Waals surface area contributed by atoms with Gasteiger partial charge < -0.3 is 9.64 Å². The third kappa shape index (κ3) is 3.58. The molecule has 1 saturated heterocycles. The molecule has 0 saturated carbocycles. The summed E-state index contributed by atoms with van der Waals surface area (Å²) in [5.74, 6) is -1.89. The van der Waals surface area contributed by atoms with Gasteiger partial charge in [-0.15, -0.1) is 0 Å². The summed E-state index contributed by atoms with van der Waals surface area (Å²) in [6.45, 7) is 2.12. The minimum Gasteiger partial charge on any atom is -0.464 e. The van der Waals surface area contributed by atoms with Gasteiger partial charge in [0.15, 0.2) is 0 Å². The van der Waals surface area contributed by atoms with Crippen LogP contribution in [0.1, 0.15) is 45.7 Å². The van der Waals surface area contributed by atoms with Crippen molar-refractivity contribution in [2.24, 2.45) is 5.92 Å². The van der Waals surface area contributed by atoms with E-state index in [9.17, 15) is 19.2 Å². The molecule has 2 aliphatic heterocycles. The average Bonchev–Trinajstić information content (AvgIpc) is 3.27. The van der Waals surface area contributed by atoms with E-state index in [1.807, 2.05) is 37.3 Å². The molecular weight excluding hydrogens is 384 g/mol. The molecule has 2 heterocycles. The number of ether oxygens (including phenoxy) is 1. The summed E-state index contributed by atoms with van der Waals surface area (Å²) >= 11 is 0. The molecule has 2 aromatic carbocycles. The number of carbonyl (C=O) groups excluding carboxylic acids is 4. The number of esters is 1. The molecule has 2 aromatic rings. The summed E-state index contributed by atoms with van der Waals surface area (Å²) in [4.78, 5) is 52.3. The molecule has 0 spiro atoms. The van der Waals surface area contributed by atoms with Gasteiger partial charge in [-0.3, -0.25) is 24.1 Å². The van der Waals surface area contributed by atoms with Gasteiger partial charge in [0.25, 0.3) is 11.8 Å². The highest BCUT2D eigenvalue weighted by Crippen LogP contribution is 2.29. The molecule has 0 radical (unpaired) electrons. The van der Waals surface area contributed by atoms with Crippen molar-refractivity contribution >= 4 is 23.7 Å². The van der Waals surface area contributed by atoms with Crippen molar-refractivity contribution in [2.75, 3.05) is 19.7 Å². The fraction of sp³-hybridized carbons (Fsp3) is 0.304. The molecule has 0 N–H and O–H groups in total. The molecule has 7 heteroatoms. The Labute approximate surface area is 174 Å². The molecule has 1 fully saturated rings. The van der Waals surface area contributed by atoms with Crippen LogP contribution in [-0.2, 0) is 14.3 Å². The van der Waals surface area contributed by atoms with E-state index in [0.29, 0.717) is 17.7 Å². The normalized spacial score (nSPS) is 19.2. The number of hydrogen-bond acceptors (Lipinski definition) is 5. The van der Waals surface area contributed by atoms with Gasteiger partial charge in [-0.05, 0) is 24.6 Å². The number of amides is 3. The molecule has 3 amide bonds. The van der Waals surface area contributed by atoms with Crippen LogP contribution in [0.2, 0.25) is 0 Å². The van der Waals surface area contributed by atoms with E-state index in [1.54, 1.807) is 29.2 Å². The van der Waals surface area contributed by atoms with E-state index in [0.717, 1.165) is 10.5 Å². The number of benzene rings is 2. The van der Waals surface area contributed by atoms with Crippen molar-refractivity contribution in [1.82, 2.24) is 9.80 Å². The Morgan fingerprint density at radius 2 is 1.60 bits per heavy atom. The highest BCUT2D eigenvalue weighted by atomic mass is 16.5. The Hall–Kier alpha value is -3.48. The summed E-state index contributed by atoms with van der Waals surface area (Å²) in [6.07, 6.45) is 0.100. The van der Waals surface area contributed by atoms with Gasteiger partial charge in [0, 0.05) is 13.0 Å². The van der Waals surface area contributed by atoms with Crippen molar-refractivity contribution in [3.05, 3.63) is 71.3 Å². The molecular formula is C23H22N2O5. The highest BCUT2D eigenvalue weighted by Gasteiger charge is 2.39. The Kier molecular flexibility index (Phi) is 5.35. The first kappa shape index (κ1) is 19.8. The van der Waals surface area contributed by atoms with Crippen molar-refractivity contribution in [1.29, 1.82) is 0 Å². The van der Waals surface area contributed by atoms with Gasteiger partial charge in [-0.25, -0.2) is 0 Å². The van der Waals surface area contributed by atoms with Crippen molar-refractivity contribution in [3.8, 4) is 0 Å². The summed E-state index contributed by atoms with van der Waals surface area (Å²) in [6, 6.07) is 16.1. The van der Waals surface area contributed by atoms with Gasteiger partial charge in [0.05, 0.1) is 29.6 Å². The van der Waals surface area contributed by atoms with E-state index in [2.05, 4.69) is 0 Å². The van der Waals surface area contributed by atoms with Gasteiger partial charge in [-0.2, -0.15) is 0 Å². The number of rotatable bonds is 6. The second-order valence-corrected chi connectivity index (χ2v) is 7.51. The minimum absolute atomic E-state index is 0.0110. The van der Waals surface area contributed by atoms with E-state index >= 15 is 0 Å². The van der Waals surface area contributed by atoms with E-state index in [-0.39, 0.29) is 43.3 Å². The number of likely N-dealkylation sites (tertiary alicyclic amines) is 1. The Morgan fingerprint density at radius 1 is 1.00 bits per heavy atom. The van der Waals surface area contributed by atoms with Crippen LogP contribution in [0.25, 0.3) is 0 Å². The predicted octanol–water partition coefficient (Wildman–Crippen LogP) is 2.44. The van der Waals surface area contributed by atoms with Gasteiger partial charge >= 0.3 is 5.97 Å². The average molecular weight is 406 g/mol. The van der Waals surface area contributed by atoms with Crippen LogP contribution >= 0.6 is 0 Å². The van der Waals surface area contributed by atoms with Crippen molar-refractivity contribution in [2.45, 2.75) is 19.4 Å². The molecule has 7 nitrogen and oxygen atoms in total. The first-order valence-corrected chi connectivity index (χ1v) is 9.93. The van der Waals surface area contributed by atoms with E-state index in [1.165, 1.54) is 0 Å². The largest absolute Gasteiger partial charge is 0.464 e. The minimum atomic E-state index is -0.550. The van der Waals surface area contributed by atoms with E-state index < -0.39 is 11.9 Å². The van der Waals surface area contributed by atoms with Crippen LogP contribution in [0, 0.1) is 5.92 Å². The molecule has 2 atom stereocenters. The summed E-state index contributed by atoms with van der Waals surface area (Å²) in [5.41, 5.74) is 1.73. The highest BCUT2D eigenvalue weighted by molar-refractivity contribution is 6.21. The lowest BCUT2D eigenvalue weighted by Crippen LogP contribution is -2.34. The first-order chi connectivity index (χ1) is 14.5. The van der Waals surface area contributed by atoms with Crippen LogP contribution < -0.4 is 0 Å². The summed E-state index contributed by atoms with van der Waals surface area (Å²) in [7, 11) is 0. The zero-order valence-electron chi connectivity index (χ0n) is 16.6. The lowest BCUT2D eigenvalue weighted by atomic mass is 10.1. The van der Waals surface area contributed by atoms with Crippen LogP contribution in [0.5, 0.6) is 0 Å². The molecule has 0 bridgehead atoms. The monoisotopic (exact) mass is 406 g/mol. The zero-order chi connectivity index (χ0) is 21.3. The zero-order valence-corrected chi connectivity index (χ0v) is 16.6. The molecule has 4 rings (SSSR count). The fourth-order valence-electron chi connectivity index (χ4n) is 3.97. The Bertz CT molecular complexity index is 969. The third-order valence-corrected chi connectivity index (χ3v) is 5.68. The fourth-order valence-corrected chi connectivity index (χ4v) is 3.97. The second kappa shape index (κ2) is 8.10. The third-order valence-electron chi connectivity index (χ3n) is 5.68. The lowest BCUT2D eigenvalue weighted by Gasteiger charge is -2.25. The van der Waals surface area contributed by atoms with Gasteiger partial charge in [-0.1, -0.05) is 42.5 Å². The van der Waals surface area contributed by atoms with Gasteiger partial charge in [0.1, 0.15) is 6.61 Å². The molecule has 154 valence electrons. The number of imide groups is 1. The lowest BCUT2D eigenvalue weighted by molar-refractivity contribution is -0.148. The van der Waals surface area contributed by atoms with Crippen molar-refractivity contribution in [3.63, 3.8) is 0 Å². The Balaban J connectivity index is 1.31. The quantitative estimate of drug-likeness (QED) is 0.543. The maximum atomic E-state index is 12.5. The van der Waals surface area contributed by atoms with Crippen LogP contribution in [0.3, 0.4) is 0 Å². The van der Waals surface area contributed by atoms with Crippen LogP contribution in [0.4, 0.5) is 0 Å². The molecule has 0 unspecified atom stereocenters. The van der Waals surface area contributed by atoms with Crippen LogP contribution in [-0.4, -0.2) is 53.2 Å². The first-order valence-electron chi connectivity index (χ1n) is 9.93. The summed E-state index contributed by atoms with van der Waals surface area (Å²) < 4.78 is 5.30. The summed E-state index contributed by atoms with van der Waals surface area (Å²) in [5, 5.41) is 0. The number of nitrogens with zero attached hydrogens (tertiary/aromatic N) is 2. The van der Waals surface area contributed by atoms with Crippen molar-refractivity contribution < 1.29 is 23.9 Å². The number of hydrogen-bond donors (Lipinski definition) is 0. The van der Waals surface area contributed by atoms with Gasteiger partial charge in [0.2, 0.25) is 5.91 Å². The molecule has 30 heavy (non-hydrogen) atoms. The topological polar surface area (TPSA) is 84.0 Å². The maximum absolute atomic E-state index is 12.5. The molecule has 0 aromatic heterocycles. The smallest absolute Gasteiger partial charge is 0.311 e. The van der Waals surface area contributed by atoms with Crippen LogP contribution in [0.15, 0.2) is 54.6 Å². The SMILES string of the molecule is C[C@@H](c1ccccc1)N1C[C@@H](C(=O)OCCN2C(=O)c3ccccc3C2=O)CC1=O. The Morgan fingerprint density at radius 3 is 2.23 bits per heavy atom. The number of carbonyl (C=O) groups is 4. The van der Waals surface area contributed by atoms with E-state index in [4.69, 9.17) is 4.74 Å². The molecule has 2 aliphatic rings. The number of fused-ring (bicyclic) bond motifs is 1. The standard InChI is InChI=1S/C23H22N2O5/c1-15(16-7-3-2-4-8-16)25-14-17(13-20(25)26)23(29)30-12-11-24-21(27)18-9-5-6-10-19(18)22(24)28/h2-10,15,17H,11-14H2,1H3/t15-,17-/m0/s1. The second-order valence-electron chi connectivity index (χ2n) is 7.51. The predicted molar refractivity (Wildman–Crippen MR) is 107 cm³/mol.